The van der Waals surface area contributed by atoms with Crippen molar-refractivity contribution in [3.05, 3.63) is 12.2 Å². The summed E-state index contributed by atoms with van der Waals surface area (Å²) in [7, 11) is 1.38. The summed E-state index contributed by atoms with van der Waals surface area (Å²) in [6.45, 7) is 12.0. The van der Waals surface area contributed by atoms with E-state index < -0.39 is 40.8 Å². The van der Waals surface area contributed by atoms with Crippen molar-refractivity contribution < 1.29 is 24.0 Å². The van der Waals surface area contributed by atoms with Gasteiger partial charge in [-0.25, -0.2) is 0 Å². The van der Waals surface area contributed by atoms with Crippen molar-refractivity contribution in [3.63, 3.8) is 0 Å². The van der Waals surface area contributed by atoms with E-state index >= 15 is 0 Å². The van der Waals surface area contributed by atoms with Gasteiger partial charge in [-0.2, -0.15) is 0 Å². The van der Waals surface area contributed by atoms with Crippen LogP contribution in [0.3, 0.4) is 0 Å². The molecule has 1 aliphatic heterocycles. The Kier molecular flexibility index (Phi) is 7.57. The first-order valence-corrected chi connectivity index (χ1v) is 9.78. The molecule has 160 valence electrons. The van der Waals surface area contributed by atoms with Crippen LogP contribution in [-0.2, 0) is 24.0 Å². The first-order valence-electron chi connectivity index (χ1n) is 9.78. The van der Waals surface area contributed by atoms with Crippen molar-refractivity contribution >= 4 is 37.2 Å². The van der Waals surface area contributed by atoms with Gasteiger partial charge in [-0.15, -0.1) is 0 Å². The maximum Gasteiger partial charge on any atom is 0.254 e. The van der Waals surface area contributed by atoms with Gasteiger partial charge in [0.1, 0.15) is 11.7 Å². The molecule has 0 spiro atoms. The standard InChI is InChI=1S/C20H32BN3O5/c1-11(2)15(17(28)22-12(3)16(21)27)23-18(29)19(4,5)10-20(6,7)24-13(25)8-9-14(24)26/h8-9,11-12,15H,10,21H2,1-7H3,(H,22,28)(H,23,29)/t12-,15?/m0/s1. The SMILES string of the molecule is BC(=O)[C@H](C)NC(=O)C(NC(=O)C(C)(C)CC(C)(C)N1C(=O)C=CC1=O)C(C)C. The van der Waals surface area contributed by atoms with E-state index in [0.717, 1.165) is 4.90 Å². The summed E-state index contributed by atoms with van der Waals surface area (Å²) >= 11 is 0. The Morgan fingerprint density at radius 3 is 1.90 bits per heavy atom. The highest BCUT2D eigenvalue weighted by molar-refractivity contribution is 6.59. The Hall–Kier alpha value is -2.45. The third-order valence-corrected chi connectivity index (χ3v) is 5.11. The number of rotatable bonds is 9. The van der Waals surface area contributed by atoms with Crippen molar-refractivity contribution in [2.24, 2.45) is 11.3 Å². The Balaban J connectivity index is 2.93. The predicted molar refractivity (Wildman–Crippen MR) is 111 cm³/mol. The lowest BCUT2D eigenvalue weighted by Gasteiger charge is -2.40. The van der Waals surface area contributed by atoms with Gasteiger partial charge in [0.05, 0.1) is 6.04 Å². The molecule has 0 bridgehead atoms. The highest BCUT2D eigenvalue weighted by Crippen LogP contribution is 2.34. The number of nitrogens with one attached hydrogen (secondary N) is 2. The Morgan fingerprint density at radius 1 is 1.00 bits per heavy atom. The van der Waals surface area contributed by atoms with E-state index in [0.29, 0.717) is 0 Å². The molecular formula is C20H32BN3O5. The fourth-order valence-electron chi connectivity index (χ4n) is 3.51. The van der Waals surface area contributed by atoms with Crippen LogP contribution in [0.25, 0.3) is 0 Å². The van der Waals surface area contributed by atoms with Crippen LogP contribution in [0.4, 0.5) is 0 Å². The topological polar surface area (TPSA) is 113 Å². The first-order chi connectivity index (χ1) is 13.1. The van der Waals surface area contributed by atoms with E-state index in [9.17, 15) is 24.0 Å². The van der Waals surface area contributed by atoms with E-state index in [1.807, 2.05) is 0 Å². The summed E-state index contributed by atoms with van der Waals surface area (Å²) < 4.78 is 0. The number of nitrogens with zero attached hydrogens (tertiary/aromatic N) is 1. The quantitative estimate of drug-likeness (QED) is 0.411. The molecule has 8 nitrogen and oxygen atoms in total. The van der Waals surface area contributed by atoms with Crippen molar-refractivity contribution in [1.29, 1.82) is 0 Å². The summed E-state index contributed by atoms with van der Waals surface area (Å²) in [4.78, 5) is 62.2. The van der Waals surface area contributed by atoms with Gasteiger partial charge in [0.25, 0.3) is 11.8 Å². The predicted octanol–water partition coefficient (Wildman–Crippen LogP) is -0.0885. The maximum atomic E-state index is 13.0. The molecule has 0 aliphatic carbocycles. The lowest BCUT2D eigenvalue weighted by molar-refractivity contribution is -0.146. The number of imide groups is 1. The third-order valence-electron chi connectivity index (χ3n) is 5.11. The number of amides is 4. The van der Waals surface area contributed by atoms with Crippen molar-refractivity contribution in [2.45, 2.75) is 72.5 Å². The van der Waals surface area contributed by atoms with E-state index in [1.165, 1.54) is 20.0 Å². The molecule has 1 heterocycles. The number of carbonyl (C=O) groups excluding carboxylic acids is 5. The van der Waals surface area contributed by atoms with E-state index in [2.05, 4.69) is 10.6 Å². The Morgan fingerprint density at radius 2 is 1.48 bits per heavy atom. The van der Waals surface area contributed by atoms with Crippen LogP contribution in [0.5, 0.6) is 0 Å². The molecule has 29 heavy (non-hydrogen) atoms. The summed E-state index contributed by atoms with van der Waals surface area (Å²) in [5, 5.41) is 5.38. The fourth-order valence-corrected chi connectivity index (χ4v) is 3.51. The monoisotopic (exact) mass is 405 g/mol. The summed E-state index contributed by atoms with van der Waals surface area (Å²) in [5.74, 6) is -1.82. The summed E-state index contributed by atoms with van der Waals surface area (Å²) in [5.41, 5.74) is -2.04. The molecule has 1 unspecified atom stereocenters. The normalized spacial score (nSPS) is 16.8. The molecule has 0 saturated carbocycles. The first kappa shape index (κ1) is 24.6. The van der Waals surface area contributed by atoms with Gasteiger partial charge in [0.2, 0.25) is 11.8 Å². The zero-order valence-corrected chi connectivity index (χ0v) is 18.6. The lowest BCUT2D eigenvalue weighted by atomic mass is 9.78. The van der Waals surface area contributed by atoms with Crippen LogP contribution in [0.2, 0.25) is 0 Å². The minimum Gasteiger partial charge on any atom is -0.346 e. The second kappa shape index (κ2) is 8.92. The van der Waals surface area contributed by atoms with Gasteiger partial charge in [-0.05, 0) is 33.1 Å². The van der Waals surface area contributed by atoms with Crippen LogP contribution < -0.4 is 10.6 Å². The molecule has 1 aliphatic rings. The average molecular weight is 405 g/mol. The zero-order valence-electron chi connectivity index (χ0n) is 18.6. The minimum absolute atomic E-state index is 0.178. The molecule has 0 aromatic carbocycles. The smallest absolute Gasteiger partial charge is 0.254 e. The molecular weight excluding hydrogens is 373 g/mol. The largest absolute Gasteiger partial charge is 0.346 e. The number of hydrogen-bond acceptors (Lipinski definition) is 5. The molecule has 2 N–H and O–H groups in total. The minimum atomic E-state index is -0.966. The van der Waals surface area contributed by atoms with Crippen LogP contribution in [0, 0.1) is 11.3 Å². The molecule has 0 aromatic rings. The summed E-state index contributed by atoms with van der Waals surface area (Å²) in [6, 6.07) is -1.46. The van der Waals surface area contributed by atoms with Gasteiger partial charge in [0, 0.05) is 23.1 Å². The molecule has 1 rings (SSSR count). The highest BCUT2D eigenvalue weighted by atomic mass is 16.2. The molecule has 0 saturated heterocycles. The van der Waals surface area contributed by atoms with Gasteiger partial charge in [0.15, 0.2) is 7.85 Å². The molecule has 0 fully saturated rings. The molecule has 2 atom stereocenters. The second-order valence-corrected chi connectivity index (χ2v) is 9.25. The third kappa shape index (κ3) is 6.01. The number of carbonyl (C=O) groups is 5. The van der Waals surface area contributed by atoms with Gasteiger partial charge in [-0.1, -0.05) is 27.7 Å². The van der Waals surface area contributed by atoms with Crippen LogP contribution in [0.15, 0.2) is 12.2 Å². The Bertz CT molecular complexity index is 724. The zero-order chi connectivity index (χ0) is 22.7. The van der Waals surface area contributed by atoms with E-state index in [1.54, 1.807) is 48.5 Å². The summed E-state index contributed by atoms with van der Waals surface area (Å²) in [6.07, 6.45) is 2.64. The van der Waals surface area contributed by atoms with Crippen molar-refractivity contribution in [1.82, 2.24) is 15.5 Å². The fraction of sp³-hybridized carbons (Fsp3) is 0.650. The van der Waals surface area contributed by atoms with Gasteiger partial charge >= 0.3 is 0 Å². The van der Waals surface area contributed by atoms with Crippen LogP contribution >= 0.6 is 0 Å². The molecule has 0 aromatic heterocycles. The van der Waals surface area contributed by atoms with Crippen LogP contribution in [-0.4, -0.2) is 59.7 Å². The highest BCUT2D eigenvalue weighted by Gasteiger charge is 2.44. The van der Waals surface area contributed by atoms with Crippen LogP contribution in [0.1, 0.15) is 54.9 Å². The maximum absolute atomic E-state index is 13.0. The second-order valence-electron chi connectivity index (χ2n) is 9.25. The van der Waals surface area contributed by atoms with Crippen molar-refractivity contribution in [3.8, 4) is 0 Å². The van der Waals surface area contributed by atoms with Gasteiger partial charge in [-0.3, -0.25) is 24.1 Å². The number of hydrogen-bond donors (Lipinski definition) is 2. The van der Waals surface area contributed by atoms with Crippen molar-refractivity contribution in [2.75, 3.05) is 0 Å². The average Bonchev–Trinajstić information content (AvgIpc) is 2.89. The van der Waals surface area contributed by atoms with E-state index in [-0.39, 0.29) is 23.9 Å². The van der Waals surface area contributed by atoms with Gasteiger partial charge < -0.3 is 15.4 Å². The van der Waals surface area contributed by atoms with E-state index in [4.69, 9.17) is 0 Å². The molecule has 0 radical (unpaired) electrons. The Labute approximate surface area is 173 Å². The molecule has 9 heteroatoms. The lowest BCUT2D eigenvalue weighted by Crippen LogP contribution is -2.57. The molecule has 4 amide bonds.